The third-order valence-electron chi connectivity index (χ3n) is 4.47. The van der Waals surface area contributed by atoms with Crippen molar-refractivity contribution in [2.75, 3.05) is 46.3 Å². The first kappa shape index (κ1) is 22.9. The molecule has 10 heteroatoms. The number of hydrogen-bond acceptors (Lipinski definition) is 7. The van der Waals surface area contributed by atoms with Crippen LogP contribution in [0.1, 0.15) is 16.1 Å². The summed E-state index contributed by atoms with van der Waals surface area (Å²) in [4.78, 5) is 21.9. The third-order valence-corrected chi connectivity index (χ3v) is 5.56. The zero-order valence-corrected chi connectivity index (χ0v) is 19.1. The van der Waals surface area contributed by atoms with Gasteiger partial charge in [0, 0.05) is 20.1 Å². The summed E-state index contributed by atoms with van der Waals surface area (Å²) in [6, 6.07) is 3.67. The maximum absolute atomic E-state index is 13.4. The fraction of sp³-hybridized carbons (Fsp3) is 0.421. The average molecular weight is 440 g/mol. The molecule has 0 fully saturated rings. The predicted octanol–water partition coefficient (Wildman–Crippen LogP) is 2.99. The SMILES string of the molecule is COc1ccc(OC)c2sc(N(CCN(C)C)C(=O)c3c(C)cnn3C)nc12.Cl. The minimum atomic E-state index is -0.128. The molecule has 0 N–H and O–H groups in total. The lowest BCUT2D eigenvalue weighted by molar-refractivity contribution is 0.0975. The fourth-order valence-corrected chi connectivity index (χ4v) is 4.05. The Kier molecular flexibility index (Phi) is 7.45. The predicted molar refractivity (Wildman–Crippen MR) is 118 cm³/mol. The first-order valence-corrected chi connectivity index (χ1v) is 9.65. The van der Waals surface area contributed by atoms with E-state index in [0.717, 1.165) is 10.3 Å². The molecule has 3 rings (SSSR count). The van der Waals surface area contributed by atoms with Crippen molar-refractivity contribution in [3.63, 3.8) is 0 Å². The number of fused-ring (bicyclic) bond motifs is 1. The molecular formula is C19H26ClN5O3S. The molecule has 158 valence electrons. The molecule has 3 aromatic rings. The van der Waals surface area contributed by atoms with Crippen LogP contribution in [0.2, 0.25) is 0 Å². The molecule has 2 aromatic heterocycles. The summed E-state index contributed by atoms with van der Waals surface area (Å²) in [5.74, 6) is 1.22. The molecule has 0 saturated carbocycles. The molecule has 1 aromatic carbocycles. The number of rotatable bonds is 7. The number of hydrogen-bond donors (Lipinski definition) is 0. The van der Waals surface area contributed by atoms with Gasteiger partial charge in [0.1, 0.15) is 27.4 Å². The monoisotopic (exact) mass is 439 g/mol. The summed E-state index contributed by atoms with van der Waals surface area (Å²) in [5, 5.41) is 4.81. The minimum Gasteiger partial charge on any atom is -0.495 e. The van der Waals surface area contributed by atoms with Crippen LogP contribution in [0.5, 0.6) is 11.5 Å². The van der Waals surface area contributed by atoms with E-state index in [2.05, 4.69) is 5.10 Å². The Morgan fingerprint density at radius 3 is 2.38 bits per heavy atom. The van der Waals surface area contributed by atoms with Crippen molar-refractivity contribution in [2.24, 2.45) is 7.05 Å². The van der Waals surface area contributed by atoms with Gasteiger partial charge in [-0.05, 0) is 38.7 Å². The summed E-state index contributed by atoms with van der Waals surface area (Å²) >= 11 is 1.42. The number of aromatic nitrogens is 3. The highest BCUT2D eigenvalue weighted by atomic mass is 35.5. The normalized spacial score (nSPS) is 10.9. The van der Waals surface area contributed by atoms with E-state index in [1.807, 2.05) is 38.1 Å². The second-order valence-electron chi connectivity index (χ2n) is 6.70. The van der Waals surface area contributed by atoms with Crippen LogP contribution in [0.4, 0.5) is 5.13 Å². The largest absolute Gasteiger partial charge is 0.495 e. The number of thiazole rings is 1. The van der Waals surface area contributed by atoms with E-state index in [1.54, 1.807) is 37.0 Å². The lowest BCUT2D eigenvalue weighted by atomic mass is 10.2. The van der Waals surface area contributed by atoms with Gasteiger partial charge in [-0.2, -0.15) is 5.10 Å². The number of carbonyl (C=O) groups is 1. The molecule has 29 heavy (non-hydrogen) atoms. The lowest BCUT2D eigenvalue weighted by Gasteiger charge is -2.22. The number of methoxy groups -OCH3 is 2. The van der Waals surface area contributed by atoms with Gasteiger partial charge in [0.25, 0.3) is 5.91 Å². The van der Waals surface area contributed by atoms with Gasteiger partial charge in [0.15, 0.2) is 5.13 Å². The van der Waals surface area contributed by atoms with Crippen LogP contribution in [0, 0.1) is 6.92 Å². The van der Waals surface area contributed by atoms with E-state index in [9.17, 15) is 4.79 Å². The Bertz CT molecular complexity index is 941. The Hall–Kier alpha value is -2.36. The maximum atomic E-state index is 13.4. The Morgan fingerprint density at radius 1 is 1.17 bits per heavy atom. The number of benzene rings is 1. The molecule has 0 bridgehead atoms. The second-order valence-corrected chi connectivity index (χ2v) is 7.68. The third kappa shape index (κ3) is 4.47. The molecule has 0 atom stereocenters. The van der Waals surface area contributed by atoms with Gasteiger partial charge < -0.3 is 14.4 Å². The molecule has 0 radical (unpaired) electrons. The van der Waals surface area contributed by atoms with Gasteiger partial charge in [-0.1, -0.05) is 11.3 Å². The molecule has 0 saturated heterocycles. The summed E-state index contributed by atoms with van der Waals surface area (Å²) < 4.78 is 13.4. The van der Waals surface area contributed by atoms with Gasteiger partial charge in [-0.15, -0.1) is 12.4 Å². The number of likely N-dealkylation sites (N-methyl/N-ethyl adjacent to an activating group) is 1. The van der Waals surface area contributed by atoms with Crippen molar-refractivity contribution in [1.29, 1.82) is 0 Å². The molecule has 0 spiro atoms. The minimum absolute atomic E-state index is 0. The van der Waals surface area contributed by atoms with Crippen molar-refractivity contribution in [3.05, 3.63) is 29.6 Å². The van der Waals surface area contributed by atoms with Gasteiger partial charge in [-0.3, -0.25) is 14.4 Å². The van der Waals surface area contributed by atoms with Gasteiger partial charge in [-0.25, -0.2) is 4.98 Å². The number of halogens is 1. The molecular weight excluding hydrogens is 414 g/mol. The van der Waals surface area contributed by atoms with Gasteiger partial charge >= 0.3 is 0 Å². The van der Waals surface area contributed by atoms with Crippen LogP contribution in [-0.2, 0) is 7.05 Å². The average Bonchev–Trinajstić information content (AvgIpc) is 3.24. The zero-order chi connectivity index (χ0) is 20.4. The van der Waals surface area contributed by atoms with Crippen LogP contribution < -0.4 is 14.4 Å². The second kappa shape index (κ2) is 9.43. The van der Waals surface area contributed by atoms with Crippen molar-refractivity contribution >= 4 is 45.0 Å². The molecule has 0 aliphatic carbocycles. The van der Waals surface area contributed by atoms with Crippen molar-refractivity contribution < 1.29 is 14.3 Å². The Morgan fingerprint density at radius 2 is 1.83 bits per heavy atom. The van der Waals surface area contributed by atoms with Crippen LogP contribution in [0.15, 0.2) is 18.3 Å². The van der Waals surface area contributed by atoms with E-state index < -0.39 is 0 Å². The summed E-state index contributed by atoms with van der Waals surface area (Å²) in [5.41, 5.74) is 2.07. The Labute approximate surface area is 180 Å². The highest BCUT2D eigenvalue weighted by molar-refractivity contribution is 7.22. The van der Waals surface area contributed by atoms with E-state index in [4.69, 9.17) is 14.5 Å². The molecule has 0 aliphatic heterocycles. The van der Waals surface area contributed by atoms with E-state index in [-0.39, 0.29) is 18.3 Å². The topological polar surface area (TPSA) is 72.7 Å². The highest BCUT2D eigenvalue weighted by Gasteiger charge is 2.26. The number of ether oxygens (including phenoxy) is 2. The van der Waals surface area contributed by atoms with Crippen LogP contribution >= 0.6 is 23.7 Å². The first-order chi connectivity index (χ1) is 13.4. The summed E-state index contributed by atoms with van der Waals surface area (Å²) in [7, 11) is 8.95. The Balaban J connectivity index is 0.00000300. The lowest BCUT2D eigenvalue weighted by Crippen LogP contribution is -2.38. The van der Waals surface area contributed by atoms with Crippen LogP contribution in [0.25, 0.3) is 10.2 Å². The molecule has 0 unspecified atom stereocenters. The number of anilines is 1. The van der Waals surface area contributed by atoms with Gasteiger partial charge in [0.05, 0.1) is 20.4 Å². The van der Waals surface area contributed by atoms with Crippen molar-refractivity contribution in [2.45, 2.75) is 6.92 Å². The van der Waals surface area contributed by atoms with E-state index >= 15 is 0 Å². The highest BCUT2D eigenvalue weighted by Crippen LogP contribution is 2.40. The fourth-order valence-electron chi connectivity index (χ4n) is 2.96. The molecule has 8 nitrogen and oxygen atoms in total. The smallest absolute Gasteiger partial charge is 0.278 e. The van der Waals surface area contributed by atoms with Crippen molar-refractivity contribution in [3.8, 4) is 11.5 Å². The summed E-state index contributed by atoms with van der Waals surface area (Å²) in [6.07, 6.45) is 1.70. The first-order valence-electron chi connectivity index (χ1n) is 8.84. The number of nitrogens with zero attached hydrogens (tertiary/aromatic N) is 5. The molecule has 2 heterocycles. The quantitative estimate of drug-likeness (QED) is 0.563. The van der Waals surface area contributed by atoms with E-state index in [1.165, 1.54) is 11.3 Å². The summed E-state index contributed by atoms with van der Waals surface area (Å²) in [6.45, 7) is 3.09. The molecule has 1 amide bonds. The van der Waals surface area contributed by atoms with Crippen molar-refractivity contribution in [1.82, 2.24) is 19.7 Å². The van der Waals surface area contributed by atoms with Crippen LogP contribution in [-0.4, -0.2) is 67.0 Å². The van der Waals surface area contributed by atoms with Gasteiger partial charge in [0.2, 0.25) is 0 Å². The maximum Gasteiger partial charge on any atom is 0.278 e. The zero-order valence-electron chi connectivity index (χ0n) is 17.4. The number of amides is 1. The molecule has 0 aliphatic rings. The number of carbonyl (C=O) groups excluding carboxylic acids is 1. The van der Waals surface area contributed by atoms with Crippen LogP contribution in [0.3, 0.4) is 0 Å². The number of aryl methyl sites for hydroxylation is 2. The van der Waals surface area contributed by atoms with E-state index in [0.29, 0.717) is 40.9 Å². The standard InChI is InChI=1S/C19H25N5O3S.ClH/c1-12-11-20-23(4)16(12)18(25)24(10-9-22(2)3)19-21-15-13(26-5)7-8-14(27-6)17(15)28-19;/h7-8,11H,9-10H2,1-6H3;1H.